The third-order valence-electron chi connectivity index (χ3n) is 6.33. The second-order valence-corrected chi connectivity index (χ2v) is 9.26. The van der Waals surface area contributed by atoms with E-state index in [0.29, 0.717) is 49.9 Å². The Labute approximate surface area is 188 Å². The number of aliphatic hydroxyl groups is 1. The Balaban J connectivity index is 1.42. The summed E-state index contributed by atoms with van der Waals surface area (Å²) in [4.78, 5) is 18.8. The number of benzene rings is 1. The average molecular weight is 443 g/mol. The van der Waals surface area contributed by atoms with Gasteiger partial charge in [0.25, 0.3) is 5.91 Å². The van der Waals surface area contributed by atoms with Crippen molar-refractivity contribution in [2.24, 2.45) is 0 Å². The first-order valence-electron chi connectivity index (χ1n) is 11.3. The van der Waals surface area contributed by atoms with E-state index in [1.165, 1.54) is 6.07 Å². The molecule has 1 aromatic heterocycles. The highest BCUT2D eigenvalue weighted by Crippen LogP contribution is 2.43. The van der Waals surface area contributed by atoms with E-state index in [9.17, 15) is 14.3 Å². The van der Waals surface area contributed by atoms with Gasteiger partial charge in [-0.25, -0.2) is 4.39 Å². The summed E-state index contributed by atoms with van der Waals surface area (Å²) in [6, 6.07) is 6.95. The van der Waals surface area contributed by atoms with E-state index in [1.807, 2.05) is 43.9 Å². The molecule has 2 atom stereocenters. The molecule has 172 valence electrons. The van der Waals surface area contributed by atoms with Gasteiger partial charge < -0.3 is 19.5 Å². The van der Waals surface area contributed by atoms with Crippen LogP contribution in [0, 0.1) is 12.7 Å². The maximum Gasteiger partial charge on any atom is 0.253 e. The first-order chi connectivity index (χ1) is 15.2. The fourth-order valence-electron chi connectivity index (χ4n) is 4.76. The van der Waals surface area contributed by atoms with Crippen LogP contribution in [0.15, 0.2) is 36.7 Å². The maximum atomic E-state index is 13.6. The highest BCUT2D eigenvalue weighted by Gasteiger charge is 2.44. The number of ether oxygens (including phenoxy) is 2. The molecular weight excluding hydrogens is 411 g/mol. The number of halogens is 1. The number of likely N-dealkylation sites (tertiary alicyclic amines) is 1. The number of aryl methyl sites for hydroxylation is 1. The Morgan fingerprint density at radius 2 is 2.03 bits per heavy atom. The zero-order valence-electron chi connectivity index (χ0n) is 18.9. The molecule has 1 N–H and O–H groups in total. The monoisotopic (exact) mass is 442 g/mol. The average Bonchev–Trinajstić information content (AvgIpc) is 2.74. The molecule has 4 rings (SSSR count). The molecule has 32 heavy (non-hydrogen) atoms. The van der Waals surface area contributed by atoms with Crippen LogP contribution in [0.4, 0.5) is 4.39 Å². The molecule has 2 saturated heterocycles. The van der Waals surface area contributed by atoms with Crippen molar-refractivity contribution in [3.63, 3.8) is 0 Å². The van der Waals surface area contributed by atoms with Crippen LogP contribution in [0.3, 0.4) is 0 Å². The lowest BCUT2D eigenvalue weighted by atomic mass is 9.81. The Morgan fingerprint density at radius 3 is 2.69 bits per heavy atom. The molecule has 0 radical (unpaired) electrons. The highest BCUT2D eigenvalue weighted by molar-refractivity contribution is 5.94. The van der Waals surface area contributed by atoms with E-state index in [0.717, 1.165) is 17.5 Å². The number of carbonyl (C=O) groups is 1. The Kier molecular flexibility index (Phi) is 6.49. The van der Waals surface area contributed by atoms with Crippen LogP contribution >= 0.6 is 0 Å². The number of amides is 1. The lowest BCUT2D eigenvalue weighted by molar-refractivity contribution is -0.181. The second kappa shape index (κ2) is 9.16. The molecule has 6 nitrogen and oxygen atoms in total. The third-order valence-corrected chi connectivity index (χ3v) is 6.33. The smallest absolute Gasteiger partial charge is 0.253 e. The first-order valence-corrected chi connectivity index (χ1v) is 11.3. The van der Waals surface area contributed by atoms with Crippen LogP contribution in [0.5, 0.6) is 5.75 Å². The molecule has 0 unspecified atom stereocenters. The number of piperidine rings is 1. The topological polar surface area (TPSA) is 71.9 Å². The van der Waals surface area contributed by atoms with Crippen molar-refractivity contribution in [3.8, 4) is 5.75 Å². The van der Waals surface area contributed by atoms with Crippen molar-refractivity contribution < 1.29 is 23.8 Å². The number of carbonyl (C=O) groups excluding carboxylic acids is 1. The SMILES string of the molecule is Cc1cc(C(=O)N2CCC3(CC2)C[C@H](O)C[C@H](c2cncc(F)c2)O3)ccc1OC(C)C. The molecule has 0 aliphatic carbocycles. The first kappa shape index (κ1) is 22.7. The van der Waals surface area contributed by atoms with Crippen LogP contribution in [0.25, 0.3) is 0 Å². The summed E-state index contributed by atoms with van der Waals surface area (Å²) in [7, 11) is 0. The van der Waals surface area contributed by atoms with Gasteiger partial charge in [-0.15, -0.1) is 0 Å². The van der Waals surface area contributed by atoms with Crippen molar-refractivity contribution in [1.29, 1.82) is 0 Å². The van der Waals surface area contributed by atoms with E-state index in [4.69, 9.17) is 9.47 Å². The van der Waals surface area contributed by atoms with Crippen LogP contribution in [0.2, 0.25) is 0 Å². The van der Waals surface area contributed by atoms with E-state index >= 15 is 0 Å². The van der Waals surface area contributed by atoms with Crippen LogP contribution in [-0.2, 0) is 4.74 Å². The lowest BCUT2D eigenvalue weighted by Crippen LogP contribution is -2.52. The normalized spacial score (nSPS) is 22.9. The summed E-state index contributed by atoms with van der Waals surface area (Å²) < 4.78 is 25.8. The van der Waals surface area contributed by atoms with E-state index in [-0.39, 0.29) is 12.0 Å². The minimum absolute atomic E-state index is 0.0127. The molecule has 7 heteroatoms. The molecule has 2 aliphatic rings. The highest BCUT2D eigenvalue weighted by atomic mass is 19.1. The van der Waals surface area contributed by atoms with Gasteiger partial charge in [0, 0.05) is 43.3 Å². The summed E-state index contributed by atoms with van der Waals surface area (Å²) in [6.45, 7) is 6.98. The zero-order chi connectivity index (χ0) is 22.9. The Morgan fingerprint density at radius 1 is 1.28 bits per heavy atom. The lowest BCUT2D eigenvalue weighted by Gasteiger charge is -2.48. The van der Waals surface area contributed by atoms with Crippen LogP contribution in [-0.4, -0.2) is 51.8 Å². The summed E-state index contributed by atoms with van der Waals surface area (Å²) in [5.41, 5.74) is 1.70. The molecular formula is C25H31FN2O4. The molecule has 2 aliphatic heterocycles. The van der Waals surface area contributed by atoms with Gasteiger partial charge >= 0.3 is 0 Å². The van der Waals surface area contributed by atoms with Gasteiger partial charge in [0.1, 0.15) is 11.6 Å². The van der Waals surface area contributed by atoms with Crippen LogP contribution in [0.1, 0.15) is 67.1 Å². The van der Waals surface area contributed by atoms with Crippen molar-refractivity contribution in [2.75, 3.05) is 13.1 Å². The van der Waals surface area contributed by atoms with Crippen molar-refractivity contribution in [3.05, 3.63) is 59.2 Å². The van der Waals surface area contributed by atoms with Crippen molar-refractivity contribution in [2.45, 2.75) is 70.4 Å². The Hall–Kier alpha value is -2.51. The molecule has 1 aromatic carbocycles. The largest absolute Gasteiger partial charge is 0.491 e. The number of hydrogen-bond acceptors (Lipinski definition) is 5. The molecule has 1 amide bonds. The number of pyridine rings is 1. The summed E-state index contributed by atoms with van der Waals surface area (Å²) in [5, 5.41) is 10.5. The van der Waals surface area contributed by atoms with Crippen molar-refractivity contribution >= 4 is 5.91 Å². The van der Waals surface area contributed by atoms with Gasteiger partial charge in [0.05, 0.1) is 30.1 Å². The summed E-state index contributed by atoms with van der Waals surface area (Å²) in [6.07, 6.45) is 4.08. The van der Waals surface area contributed by atoms with E-state index in [1.54, 1.807) is 6.20 Å². The van der Waals surface area contributed by atoms with Gasteiger partial charge in [0.2, 0.25) is 0 Å². The van der Waals surface area contributed by atoms with Gasteiger partial charge in [0.15, 0.2) is 0 Å². The molecule has 2 aromatic rings. The minimum atomic E-state index is -0.532. The summed E-state index contributed by atoms with van der Waals surface area (Å²) >= 11 is 0. The minimum Gasteiger partial charge on any atom is -0.491 e. The van der Waals surface area contributed by atoms with Gasteiger partial charge in [-0.1, -0.05) is 0 Å². The van der Waals surface area contributed by atoms with E-state index < -0.39 is 23.6 Å². The number of aliphatic hydroxyl groups excluding tert-OH is 1. The maximum absolute atomic E-state index is 13.6. The zero-order valence-corrected chi connectivity index (χ0v) is 18.9. The molecule has 2 fully saturated rings. The molecule has 1 spiro atoms. The standard InChI is InChI=1S/C25H31FN2O4/c1-16(2)31-22-5-4-18(10-17(22)3)24(30)28-8-6-25(7-9-28)13-21(29)12-23(32-25)19-11-20(26)15-27-14-19/h4-5,10-11,14-16,21,23,29H,6-9,12-13H2,1-3H3/t21-,23-/m1/s1. The fraction of sp³-hybridized carbons (Fsp3) is 0.520. The number of rotatable bonds is 4. The predicted molar refractivity (Wildman–Crippen MR) is 118 cm³/mol. The van der Waals surface area contributed by atoms with Gasteiger partial charge in [-0.05, 0) is 63.4 Å². The number of hydrogen-bond donors (Lipinski definition) is 1. The van der Waals surface area contributed by atoms with Gasteiger partial charge in [-0.2, -0.15) is 0 Å². The van der Waals surface area contributed by atoms with Crippen molar-refractivity contribution in [1.82, 2.24) is 9.88 Å². The summed E-state index contributed by atoms with van der Waals surface area (Å²) in [5.74, 6) is 0.360. The predicted octanol–water partition coefficient (Wildman–Crippen LogP) is 4.20. The Bertz CT molecular complexity index is 972. The second-order valence-electron chi connectivity index (χ2n) is 9.26. The molecule has 0 saturated carbocycles. The quantitative estimate of drug-likeness (QED) is 0.768. The number of nitrogens with zero attached hydrogens (tertiary/aromatic N) is 2. The molecule has 0 bridgehead atoms. The van der Waals surface area contributed by atoms with Gasteiger partial charge in [-0.3, -0.25) is 9.78 Å². The van der Waals surface area contributed by atoms with E-state index in [2.05, 4.69) is 4.98 Å². The third kappa shape index (κ3) is 4.94. The molecule has 3 heterocycles. The number of aromatic nitrogens is 1. The fourth-order valence-corrected chi connectivity index (χ4v) is 4.76. The van der Waals surface area contributed by atoms with Crippen LogP contribution < -0.4 is 4.74 Å².